The van der Waals surface area contributed by atoms with Gasteiger partial charge in [-0.05, 0) is 53.8 Å². The second-order valence-electron chi connectivity index (χ2n) is 6.91. The third-order valence-electron chi connectivity index (χ3n) is 5.25. The van der Waals surface area contributed by atoms with Gasteiger partial charge in [0.15, 0.2) is 0 Å². The normalized spacial score (nSPS) is 22.5. The SMILES string of the molecule is O=C(O)CNC(=O)c1ccc2c(c1)[C@H]1C=CC[C@H]1[C@H](c1ccc(F)cc1)N2. The van der Waals surface area contributed by atoms with E-state index in [0.29, 0.717) is 5.56 Å². The number of fused-ring (bicyclic) bond motifs is 3. The fourth-order valence-electron chi connectivity index (χ4n) is 3.99. The van der Waals surface area contributed by atoms with Crippen LogP contribution in [0.3, 0.4) is 0 Å². The highest BCUT2D eigenvalue weighted by Gasteiger charge is 2.38. The van der Waals surface area contributed by atoms with Crippen LogP contribution in [-0.2, 0) is 4.79 Å². The van der Waals surface area contributed by atoms with Gasteiger partial charge in [-0.2, -0.15) is 0 Å². The van der Waals surface area contributed by atoms with Gasteiger partial charge >= 0.3 is 5.97 Å². The van der Waals surface area contributed by atoms with Crippen molar-refractivity contribution >= 4 is 17.6 Å². The van der Waals surface area contributed by atoms with E-state index in [9.17, 15) is 14.0 Å². The molecule has 1 amide bonds. The lowest BCUT2D eigenvalue weighted by Crippen LogP contribution is -2.31. The molecule has 1 heterocycles. The number of nitrogens with one attached hydrogen (secondary N) is 2. The summed E-state index contributed by atoms with van der Waals surface area (Å²) in [4.78, 5) is 22.8. The molecule has 2 aromatic rings. The Balaban J connectivity index is 1.64. The number of carbonyl (C=O) groups is 2. The summed E-state index contributed by atoms with van der Waals surface area (Å²) in [7, 11) is 0. The predicted molar refractivity (Wildman–Crippen MR) is 99.2 cm³/mol. The number of allylic oxidation sites excluding steroid dienone is 2. The third-order valence-corrected chi connectivity index (χ3v) is 5.25. The number of carboxylic acid groups (broad SMARTS) is 1. The molecule has 0 aromatic heterocycles. The Bertz CT molecular complexity index is 924. The molecule has 0 unspecified atom stereocenters. The Hall–Kier alpha value is -3.15. The van der Waals surface area contributed by atoms with E-state index in [-0.39, 0.29) is 23.7 Å². The van der Waals surface area contributed by atoms with Gasteiger partial charge in [0.2, 0.25) is 0 Å². The van der Waals surface area contributed by atoms with E-state index < -0.39 is 18.4 Å². The van der Waals surface area contributed by atoms with Crippen molar-refractivity contribution in [3.05, 3.63) is 77.1 Å². The molecule has 2 aliphatic rings. The van der Waals surface area contributed by atoms with Crippen LogP contribution in [0.2, 0.25) is 0 Å². The molecule has 1 aliphatic carbocycles. The molecule has 3 atom stereocenters. The molecule has 138 valence electrons. The first-order valence-corrected chi connectivity index (χ1v) is 8.85. The summed E-state index contributed by atoms with van der Waals surface area (Å²) in [5, 5.41) is 14.6. The molecule has 0 spiro atoms. The van der Waals surface area contributed by atoms with Crippen LogP contribution in [0.4, 0.5) is 10.1 Å². The van der Waals surface area contributed by atoms with Gasteiger partial charge in [-0.25, -0.2) is 4.39 Å². The first kappa shape index (κ1) is 17.3. The minimum absolute atomic E-state index is 0.0600. The molecule has 1 aliphatic heterocycles. The minimum Gasteiger partial charge on any atom is -0.480 e. The summed E-state index contributed by atoms with van der Waals surface area (Å²) in [6.45, 7) is -0.410. The van der Waals surface area contributed by atoms with Crippen LogP contribution in [0.5, 0.6) is 0 Å². The summed E-state index contributed by atoms with van der Waals surface area (Å²) < 4.78 is 13.3. The van der Waals surface area contributed by atoms with Gasteiger partial charge in [0.1, 0.15) is 12.4 Å². The number of halogens is 1. The number of hydrogen-bond donors (Lipinski definition) is 3. The van der Waals surface area contributed by atoms with Crippen molar-refractivity contribution in [3.63, 3.8) is 0 Å². The van der Waals surface area contributed by atoms with E-state index >= 15 is 0 Å². The van der Waals surface area contributed by atoms with Gasteiger partial charge < -0.3 is 15.7 Å². The zero-order valence-electron chi connectivity index (χ0n) is 14.5. The Morgan fingerprint density at radius 2 is 1.96 bits per heavy atom. The Morgan fingerprint density at radius 1 is 1.19 bits per heavy atom. The zero-order chi connectivity index (χ0) is 19.0. The lowest BCUT2D eigenvalue weighted by Gasteiger charge is -2.37. The summed E-state index contributed by atoms with van der Waals surface area (Å²) in [6, 6.07) is 12.0. The van der Waals surface area contributed by atoms with E-state index in [1.54, 1.807) is 18.2 Å². The minimum atomic E-state index is -1.08. The monoisotopic (exact) mass is 366 g/mol. The molecule has 0 fully saturated rings. The number of amides is 1. The van der Waals surface area contributed by atoms with Gasteiger partial charge in [-0.1, -0.05) is 24.3 Å². The van der Waals surface area contributed by atoms with E-state index in [2.05, 4.69) is 22.8 Å². The molecule has 0 radical (unpaired) electrons. The third kappa shape index (κ3) is 3.30. The summed E-state index contributed by atoms with van der Waals surface area (Å²) in [6.07, 6.45) is 5.19. The molecule has 0 saturated carbocycles. The molecule has 27 heavy (non-hydrogen) atoms. The number of anilines is 1. The summed E-state index contributed by atoms with van der Waals surface area (Å²) in [5.41, 5.74) is 3.43. The predicted octanol–water partition coefficient (Wildman–Crippen LogP) is 3.47. The molecule has 2 aromatic carbocycles. The average molecular weight is 366 g/mol. The molecule has 5 nitrogen and oxygen atoms in total. The van der Waals surface area contributed by atoms with Crippen LogP contribution in [0.15, 0.2) is 54.6 Å². The largest absolute Gasteiger partial charge is 0.480 e. The molecule has 0 saturated heterocycles. The highest BCUT2D eigenvalue weighted by molar-refractivity contribution is 5.96. The van der Waals surface area contributed by atoms with Crippen LogP contribution in [0, 0.1) is 11.7 Å². The maximum atomic E-state index is 13.3. The average Bonchev–Trinajstić information content (AvgIpc) is 3.16. The zero-order valence-corrected chi connectivity index (χ0v) is 14.5. The van der Waals surface area contributed by atoms with Crippen LogP contribution >= 0.6 is 0 Å². The fraction of sp³-hybridized carbons (Fsp3) is 0.238. The highest BCUT2D eigenvalue weighted by atomic mass is 19.1. The number of carbonyl (C=O) groups excluding carboxylic acids is 1. The molecular formula is C21H19FN2O3. The first-order valence-electron chi connectivity index (χ1n) is 8.85. The van der Waals surface area contributed by atoms with Gasteiger partial charge in [-0.15, -0.1) is 0 Å². The van der Waals surface area contributed by atoms with E-state index in [1.807, 2.05) is 12.1 Å². The molecule has 0 bridgehead atoms. The Kier molecular flexibility index (Phi) is 4.39. The molecular weight excluding hydrogens is 347 g/mol. The van der Waals surface area contributed by atoms with Gasteiger partial charge in [0, 0.05) is 17.2 Å². The number of benzene rings is 2. The Morgan fingerprint density at radius 3 is 2.70 bits per heavy atom. The van der Waals surface area contributed by atoms with Gasteiger partial charge in [-0.3, -0.25) is 9.59 Å². The maximum absolute atomic E-state index is 13.3. The number of carboxylic acids is 1. The van der Waals surface area contributed by atoms with Crippen molar-refractivity contribution in [1.82, 2.24) is 5.32 Å². The number of aliphatic carboxylic acids is 1. The number of rotatable bonds is 4. The van der Waals surface area contributed by atoms with Crippen LogP contribution in [0.25, 0.3) is 0 Å². The van der Waals surface area contributed by atoms with Crippen molar-refractivity contribution in [1.29, 1.82) is 0 Å². The van der Waals surface area contributed by atoms with Crippen LogP contribution in [-0.4, -0.2) is 23.5 Å². The second-order valence-corrected chi connectivity index (χ2v) is 6.91. The smallest absolute Gasteiger partial charge is 0.322 e. The summed E-state index contributed by atoms with van der Waals surface area (Å²) in [5.74, 6) is -1.31. The quantitative estimate of drug-likeness (QED) is 0.724. The van der Waals surface area contributed by atoms with Crippen molar-refractivity contribution in [2.45, 2.75) is 18.4 Å². The van der Waals surface area contributed by atoms with E-state index in [4.69, 9.17) is 5.11 Å². The molecule has 3 N–H and O–H groups in total. The molecule has 4 rings (SSSR count). The van der Waals surface area contributed by atoms with Gasteiger partial charge in [0.25, 0.3) is 5.91 Å². The highest BCUT2D eigenvalue weighted by Crippen LogP contribution is 2.49. The van der Waals surface area contributed by atoms with Crippen LogP contribution < -0.4 is 10.6 Å². The van der Waals surface area contributed by atoms with Crippen molar-refractivity contribution < 1.29 is 19.1 Å². The fourth-order valence-corrected chi connectivity index (χ4v) is 3.99. The summed E-state index contributed by atoms with van der Waals surface area (Å²) >= 11 is 0. The van der Waals surface area contributed by atoms with E-state index in [0.717, 1.165) is 23.2 Å². The Labute approximate surface area is 155 Å². The standard InChI is InChI=1S/C21H19FN2O3/c22-14-7-4-12(5-8-14)20-16-3-1-2-15(16)17-10-13(6-9-18(17)24-20)21(27)23-11-19(25)26/h1-2,4-10,15-16,20,24H,3,11H2,(H,23,27)(H,25,26)/t15-,16+,20-/m0/s1. The van der Waals surface area contributed by atoms with E-state index in [1.165, 1.54) is 12.1 Å². The lowest BCUT2D eigenvalue weighted by molar-refractivity contribution is -0.135. The van der Waals surface area contributed by atoms with Crippen molar-refractivity contribution in [3.8, 4) is 0 Å². The van der Waals surface area contributed by atoms with Crippen molar-refractivity contribution in [2.24, 2.45) is 5.92 Å². The van der Waals surface area contributed by atoms with Crippen LogP contribution in [0.1, 0.15) is 39.9 Å². The molecule has 6 heteroatoms. The lowest BCUT2D eigenvalue weighted by atomic mass is 9.76. The maximum Gasteiger partial charge on any atom is 0.322 e. The first-order chi connectivity index (χ1) is 13.0. The van der Waals surface area contributed by atoms with Crippen molar-refractivity contribution in [2.75, 3.05) is 11.9 Å². The number of hydrogen-bond acceptors (Lipinski definition) is 3. The van der Waals surface area contributed by atoms with Gasteiger partial charge in [0.05, 0.1) is 6.04 Å². The second kappa shape index (κ2) is 6.87. The topological polar surface area (TPSA) is 78.4 Å².